The monoisotopic (exact) mass is 334 g/mol. The largest absolute Gasteiger partial charge is 0.264 e. The Balaban J connectivity index is 1.87. The molecule has 3 rings (SSSR count). The number of nitriles is 2. The van der Waals surface area contributed by atoms with Gasteiger partial charge < -0.3 is 0 Å². The average Bonchev–Trinajstić information content (AvgIpc) is 2.72. The Bertz CT molecular complexity index is 933. The van der Waals surface area contributed by atoms with E-state index >= 15 is 0 Å². The van der Waals surface area contributed by atoms with E-state index in [1.165, 1.54) is 0 Å². The van der Waals surface area contributed by atoms with Crippen LogP contribution in [0.15, 0.2) is 73.3 Å². The standard InChI is InChI=1S/C22H14N4/c23-13-21(19-3-1-9-25-15-19)11-17-5-7-18(8-6-17)12-22(14-24)20-4-2-10-26-16-20/h1-12,15-16H. The molecule has 0 radical (unpaired) electrons. The molecular weight excluding hydrogens is 320 g/mol. The van der Waals surface area contributed by atoms with Gasteiger partial charge in [0.15, 0.2) is 0 Å². The molecule has 3 aromatic rings. The predicted octanol–water partition coefficient (Wildman–Crippen LogP) is 4.60. The van der Waals surface area contributed by atoms with Crippen molar-refractivity contribution in [2.75, 3.05) is 0 Å². The summed E-state index contributed by atoms with van der Waals surface area (Å²) >= 11 is 0. The summed E-state index contributed by atoms with van der Waals surface area (Å²) in [6.07, 6.45) is 10.3. The molecule has 0 aliphatic rings. The minimum Gasteiger partial charge on any atom is -0.264 e. The third kappa shape index (κ3) is 4.08. The van der Waals surface area contributed by atoms with Gasteiger partial charge in [0.2, 0.25) is 0 Å². The van der Waals surface area contributed by atoms with Crippen molar-refractivity contribution in [3.05, 3.63) is 95.6 Å². The summed E-state index contributed by atoms with van der Waals surface area (Å²) in [5.41, 5.74) is 4.47. The van der Waals surface area contributed by atoms with Gasteiger partial charge in [0, 0.05) is 35.9 Å². The first-order chi connectivity index (χ1) is 12.8. The minimum atomic E-state index is 0.550. The Morgan fingerprint density at radius 1 is 0.692 bits per heavy atom. The number of hydrogen-bond acceptors (Lipinski definition) is 4. The normalized spacial score (nSPS) is 11.5. The number of benzene rings is 1. The van der Waals surface area contributed by atoms with Crippen LogP contribution < -0.4 is 0 Å². The maximum Gasteiger partial charge on any atom is 0.0998 e. The van der Waals surface area contributed by atoms with Gasteiger partial charge in [-0.1, -0.05) is 36.4 Å². The van der Waals surface area contributed by atoms with E-state index in [1.807, 2.05) is 48.6 Å². The molecule has 0 unspecified atom stereocenters. The number of pyridine rings is 2. The van der Waals surface area contributed by atoms with E-state index in [0.717, 1.165) is 22.3 Å². The van der Waals surface area contributed by atoms with E-state index in [2.05, 4.69) is 22.1 Å². The van der Waals surface area contributed by atoms with Crippen molar-refractivity contribution in [1.29, 1.82) is 10.5 Å². The molecule has 0 atom stereocenters. The summed E-state index contributed by atoms with van der Waals surface area (Å²) < 4.78 is 0. The quantitative estimate of drug-likeness (QED) is 0.653. The maximum absolute atomic E-state index is 9.37. The van der Waals surface area contributed by atoms with Crippen LogP contribution in [-0.4, -0.2) is 9.97 Å². The molecule has 122 valence electrons. The average molecular weight is 334 g/mol. The van der Waals surface area contributed by atoms with Crippen molar-refractivity contribution in [1.82, 2.24) is 9.97 Å². The molecule has 2 heterocycles. The van der Waals surface area contributed by atoms with Gasteiger partial charge in [-0.3, -0.25) is 9.97 Å². The first kappa shape index (κ1) is 16.8. The van der Waals surface area contributed by atoms with E-state index in [4.69, 9.17) is 0 Å². The maximum atomic E-state index is 9.37. The lowest BCUT2D eigenvalue weighted by Crippen LogP contribution is -1.85. The third-order valence-electron chi connectivity index (χ3n) is 3.74. The second kappa shape index (κ2) is 8.19. The number of aromatic nitrogens is 2. The number of rotatable bonds is 4. The zero-order chi connectivity index (χ0) is 18.2. The Hall–Kier alpha value is -4.02. The first-order valence-corrected chi connectivity index (χ1v) is 7.94. The van der Waals surface area contributed by atoms with Crippen LogP contribution in [0, 0.1) is 22.7 Å². The van der Waals surface area contributed by atoms with Crippen molar-refractivity contribution in [2.45, 2.75) is 0 Å². The van der Waals surface area contributed by atoms with Gasteiger partial charge in [0.25, 0.3) is 0 Å². The molecule has 1 aromatic carbocycles. The van der Waals surface area contributed by atoms with Crippen LogP contribution in [0.25, 0.3) is 23.3 Å². The van der Waals surface area contributed by atoms with Gasteiger partial charge in [-0.2, -0.15) is 10.5 Å². The molecular formula is C22H14N4. The van der Waals surface area contributed by atoms with Crippen LogP contribution in [0.1, 0.15) is 22.3 Å². The molecule has 4 heteroatoms. The van der Waals surface area contributed by atoms with Gasteiger partial charge in [0.1, 0.15) is 0 Å². The lowest BCUT2D eigenvalue weighted by atomic mass is 10.0. The molecule has 0 N–H and O–H groups in total. The topological polar surface area (TPSA) is 73.4 Å². The third-order valence-corrected chi connectivity index (χ3v) is 3.74. The van der Waals surface area contributed by atoms with E-state index in [1.54, 1.807) is 36.9 Å². The summed E-state index contributed by atoms with van der Waals surface area (Å²) in [7, 11) is 0. The van der Waals surface area contributed by atoms with E-state index in [-0.39, 0.29) is 0 Å². The molecule has 0 spiro atoms. The van der Waals surface area contributed by atoms with Crippen molar-refractivity contribution in [3.8, 4) is 12.1 Å². The van der Waals surface area contributed by atoms with E-state index in [0.29, 0.717) is 11.1 Å². The molecule has 26 heavy (non-hydrogen) atoms. The summed E-state index contributed by atoms with van der Waals surface area (Å²) in [5, 5.41) is 18.7. The van der Waals surface area contributed by atoms with Gasteiger partial charge in [-0.25, -0.2) is 0 Å². The van der Waals surface area contributed by atoms with Crippen molar-refractivity contribution >= 4 is 23.3 Å². The lowest BCUT2D eigenvalue weighted by molar-refractivity contribution is 1.31. The van der Waals surface area contributed by atoms with Gasteiger partial charge in [0.05, 0.1) is 23.3 Å². The number of hydrogen-bond donors (Lipinski definition) is 0. The molecule has 0 amide bonds. The predicted molar refractivity (Wildman–Crippen MR) is 102 cm³/mol. The van der Waals surface area contributed by atoms with Crippen molar-refractivity contribution in [3.63, 3.8) is 0 Å². The van der Waals surface area contributed by atoms with E-state index < -0.39 is 0 Å². The van der Waals surface area contributed by atoms with Gasteiger partial charge in [-0.05, 0) is 35.4 Å². The number of allylic oxidation sites excluding steroid dienone is 2. The highest BCUT2D eigenvalue weighted by molar-refractivity contribution is 5.91. The summed E-state index contributed by atoms with van der Waals surface area (Å²) in [5.74, 6) is 0. The fourth-order valence-electron chi connectivity index (χ4n) is 2.43. The van der Waals surface area contributed by atoms with Crippen molar-refractivity contribution in [2.24, 2.45) is 0 Å². The van der Waals surface area contributed by atoms with Gasteiger partial charge >= 0.3 is 0 Å². The van der Waals surface area contributed by atoms with Crippen LogP contribution in [0.5, 0.6) is 0 Å². The van der Waals surface area contributed by atoms with Crippen molar-refractivity contribution < 1.29 is 0 Å². The SMILES string of the molecule is N#CC(=Cc1ccc(C=C(C#N)c2cccnc2)cc1)c1cccnc1. The summed E-state index contributed by atoms with van der Waals surface area (Å²) in [4.78, 5) is 8.09. The molecule has 0 fully saturated rings. The molecule has 0 saturated carbocycles. The van der Waals surface area contributed by atoms with Crippen LogP contribution in [0.3, 0.4) is 0 Å². The molecule has 0 aliphatic carbocycles. The molecule has 0 bridgehead atoms. The minimum absolute atomic E-state index is 0.550. The van der Waals surface area contributed by atoms with Gasteiger partial charge in [-0.15, -0.1) is 0 Å². The molecule has 0 saturated heterocycles. The summed E-state index contributed by atoms with van der Waals surface area (Å²) in [6, 6.07) is 19.4. The summed E-state index contributed by atoms with van der Waals surface area (Å²) in [6.45, 7) is 0. The van der Waals surface area contributed by atoms with Crippen LogP contribution in [0.4, 0.5) is 0 Å². The zero-order valence-electron chi connectivity index (χ0n) is 13.9. The molecule has 4 nitrogen and oxygen atoms in total. The first-order valence-electron chi connectivity index (χ1n) is 7.94. The smallest absolute Gasteiger partial charge is 0.0998 e. The van der Waals surface area contributed by atoms with Crippen LogP contribution in [0.2, 0.25) is 0 Å². The zero-order valence-corrected chi connectivity index (χ0v) is 13.9. The second-order valence-electron chi connectivity index (χ2n) is 5.49. The fraction of sp³-hybridized carbons (Fsp3) is 0. The Morgan fingerprint density at radius 2 is 1.12 bits per heavy atom. The van der Waals surface area contributed by atoms with Crippen LogP contribution >= 0.6 is 0 Å². The fourth-order valence-corrected chi connectivity index (χ4v) is 2.43. The Labute approximate surface area is 152 Å². The Kier molecular flexibility index (Phi) is 5.30. The highest BCUT2D eigenvalue weighted by atomic mass is 14.6. The lowest BCUT2D eigenvalue weighted by Gasteiger charge is -2.01. The second-order valence-corrected chi connectivity index (χ2v) is 5.49. The van der Waals surface area contributed by atoms with E-state index in [9.17, 15) is 10.5 Å². The Morgan fingerprint density at radius 3 is 1.42 bits per heavy atom. The molecule has 0 aliphatic heterocycles. The highest BCUT2D eigenvalue weighted by Gasteiger charge is 2.02. The molecule has 2 aromatic heterocycles. The number of nitrogens with zero attached hydrogens (tertiary/aromatic N) is 4. The highest BCUT2D eigenvalue weighted by Crippen LogP contribution is 2.20. The van der Waals surface area contributed by atoms with Crippen LogP contribution in [-0.2, 0) is 0 Å².